The van der Waals surface area contributed by atoms with Gasteiger partial charge in [-0.25, -0.2) is 4.98 Å². The second-order valence-corrected chi connectivity index (χ2v) is 9.30. The lowest BCUT2D eigenvalue weighted by Crippen LogP contribution is -2.24. The van der Waals surface area contributed by atoms with Crippen LogP contribution in [0.25, 0.3) is 11.0 Å². The standard InChI is InChI=1S/C29H32ClN3O2/c1-21-14-15-22(2)27(19-21)35-18-17-33-26-12-6-5-11-25(26)32-28(33)13-4-3-7-16-31-29(34)23-9-8-10-24(30)20-23/h5-6,8-12,14-15,19-20H,3-4,7,13,16-18H2,1-2H3,(H,31,34). The maximum absolute atomic E-state index is 12.2. The molecule has 1 aromatic heterocycles. The summed E-state index contributed by atoms with van der Waals surface area (Å²) in [7, 11) is 0. The number of fused-ring (bicyclic) bond motifs is 1. The van der Waals surface area contributed by atoms with Crippen molar-refractivity contribution in [3.63, 3.8) is 0 Å². The lowest BCUT2D eigenvalue weighted by atomic mass is 10.1. The fourth-order valence-electron chi connectivity index (χ4n) is 4.19. The molecule has 0 aliphatic heterocycles. The van der Waals surface area contributed by atoms with E-state index in [-0.39, 0.29) is 5.91 Å². The monoisotopic (exact) mass is 489 g/mol. The number of rotatable bonds is 11. The van der Waals surface area contributed by atoms with E-state index < -0.39 is 0 Å². The molecular weight excluding hydrogens is 458 g/mol. The number of carbonyl (C=O) groups excluding carboxylic acids is 1. The highest BCUT2D eigenvalue weighted by Gasteiger charge is 2.11. The van der Waals surface area contributed by atoms with Gasteiger partial charge in [0.15, 0.2) is 0 Å². The van der Waals surface area contributed by atoms with E-state index in [0.29, 0.717) is 23.7 Å². The minimum atomic E-state index is -0.0851. The van der Waals surface area contributed by atoms with Crippen LogP contribution < -0.4 is 10.1 Å². The minimum absolute atomic E-state index is 0.0851. The van der Waals surface area contributed by atoms with Crippen molar-refractivity contribution in [2.24, 2.45) is 0 Å². The van der Waals surface area contributed by atoms with Crippen molar-refractivity contribution >= 4 is 28.5 Å². The Bertz CT molecular complexity index is 1300. The van der Waals surface area contributed by atoms with Crippen molar-refractivity contribution in [2.75, 3.05) is 13.2 Å². The number of ether oxygens (including phenoxy) is 1. The fraction of sp³-hybridized carbons (Fsp3) is 0.310. The smallest absolute Gasteiger partial charge is 0.251 e. The molecule has 1 N–H and O–H groups in total. The average Bonchev–Trinajstić information content (AvgIpc) is 3.20. The number of nitrogens with zero attached hydrogens (tertiary/aromatic N) is 2. The highest BCUT2D eigenvalue weighted by Crippen LogP contribution is 2.21. The van der Waals surface area contributed by atoms with Crippen LogP contribution in [0.2, 0.25) is 5.02 Å². The van der Waals surface area contributed by atoms with E-state index in [1.54, 1.807) is 24.3 Å². The summed E-state index contributed by atoms with van der Waals surface area (Å²) in [5.74, 6) is 1.94. The molecule has 0 atom stereocenters. The maximum atomic E-state index is 12.2. The first kappa shape index (κ1) is 24.8. The van der Waals surface area contributed by atoms with Crippen LogP contribution in [0.1, 0.15) is 46.6 Å². The first-order valence-corrected chi connectivity index (χ1v) is 12.6. The molecule has 0 aliphatic rings. The Kier molecular flexibility index (Phi) is 8.43. The van der Waals surface area contributed by atoms with Crippen LogP contribution in [-0.2, 0) is 13.0 Å². The second kappa shape index (κ2) is 11.9. The minimum Gasteiger partial charge on any atom is -0.491 e. The number of benzene rings is 3. The molecule has 0 radical (unpaired) electrons. The molecule has 0 spiro atoms. The predicted molar refractivity (Wildman–Crippen MR) is 142 cm³/mol. The average molecular weight is 490 g/mol. The van der Waals surface area contributed by atoms with Gasteiger partial charge in [0, 0.05) is 23.6 Å². The van der Waals surface area contributed by atoms with Crippen LogP contribution in [0.5, 0.6) is 5.75 Å². The zero-order chi connectivity index (χ0) is 24.6. The lowest BCUT2D eigenvalue weighted by Gasteiger charge is -2.13. The Morgan fingerprint density at radius 3 is 2.71 bits per heavy atom. The molecule has 1 heterocycles. The summed E-state index contributed by atoms with van der Waals surface area (Å²) < 4.78 is 8.40. The molecule has 0 unspecified atom stereocenters. The number of aryl methyl sites for hydroxylation is 3. The highest BCUT2D eigenvalue weighted by atomic mass is 35.5. The third kappa shape index (κ3) is 6.64. The zero-order valence-electron chi connectivity index (χ0n) is 20.4. The van der Waals surface area contributed by atoms with Crippen molar-refractivity contribution in [3.05, 3.63) is 94.3 Å². The van der Waals surface area contributed by atoms with Crippen molar-refractivity contribution < 1.29 is 9.53 Å². The summed E-state index contributed by atoms with van der Waals surface area (Å²) in [6, 6.07) is 21.6. The number of unbranched alkanes of at least 4 members (excludes halogenated alkanes) is 2. The number of imidazole rings is 1. The summed E-state index contributed by atoms with van der Waals surface area (Å²) in [4.78, 5) is 17.1. The van der Waals surface area contributed by atoms with Gasteiger partial charge in [-0.15, -0.1) is 0 Å². The molecule has 182 valence electrons. The molecule has 4 aromatic rings. The number of halogens is 1. The van der Waals surface area contributed by atoms with E-state index in [1.165, 1.54) is 5.56 Å². The number of nitrogens with one attached hydrogen (secondary N) is 1. The molecular formula is C29H32ClN3O2. The molecule has 1 amide bonds. The molecule has 0 bridgehead atoms. The van der Waals surface area contributed by atoms with Gasteiger partial charge >= 0.3 is 0 Å². The second-order valence-electron chi connectivity index (χ2n) is 8.86. The zero-order valence-corrected chi connectivity index (χ0v) is 21.1. The number of para-hydroxylation sites is 2. The van der Waals surface area contributed by atoms with Crippen molar-refractivity contribution in [2.45, 2.75) is 46.1 Å². The van der Waals surface area contributed by atoms with Gasteiger partial charge < -0.3 is 14.6 Å². The van der Waals surface area contributed by atoms with E-state index in [1.807, 2.05) is 6.07 Å². The molecule has 3 aromatic carbocycles. The van der Waals surface area contributed by atoms with Gasteiger partial charge in [-0.05, 0) is 74.2 Å². The molecule has 0 aliphatic carbocycles. The molecule has 0 saturated carbocycles. The van der Waals surface area contributed by atoms with Crippen LogP contribution in [0.4, 0.5) is 0 Å². The van der Waals surface area contributed by atoms with Crippen LogP contribution in [0.15, 0.2) is 66.7 Å². The van der Waals surface area contributed by atoms with Gasteiger partial charge in [0.2, 0.25) is 0 Å². The topological polar surface area (TPSA) is 56.1 Å². The fourth-order valence-corrected chi connectivity index (χ4v) is 4.38. The molecule has 0 fully saturated rings. The first-order valence-electron chi connectivity index (χ1n) is 12.2. The summed E-state index contributed by atoms with van der Waals surface area (Å²) in [6.45, 7) is 6.14. The number of amides is 1. The van der Waals surface area contributed by atoms with Gasteiger partial charge in [0.25, 0.3) is 5.91 Å². The SMILES string of the molecule is Cc1ccc(C)c(OCCn2c(CCCCCNC(=O)c3cccc(Cl)c3)nc3ccccc32)c1. The largest absolute Gasteiger partial charge is 0.491 e. The van der Waals surface area contributed by atoms with E-state index in [4.69, 9.17) is 21.3 Å². The van der Waals surface area contributed by atoms with E-state index in [9.17, 15) is 4.79 Å². The van der Waals surface area contributed by atoms with Crippen LogP contribution in [0.3, 0.4) is 0 Å². The van der Waals surface area contributed by atoms with E-state index in [2.05, 4.69) is 60.1 Å². The predicted octanol–water partition coefficient (Wildman–Crippen LogP) is 6.53. The molecule has 5 nitrogen and oxygen atoms in total. The number of hydrogen-bond acceptors (Lipinski definition) is 3. The lowest BCUT2D eigenvalue weighted by molar-refractivity contribution is 0.0953. The summed E-state index contributed by atoms with van der Waals surface area (Å²) >= 11 is 5.97. The molecule has 6 heteroatoms. The van der Waals surface area contributed by atoms with Crippen LogP contribution in [-0.4, -0.2) is 28.6 Å². The summed E-state index contributed by atoms with van der Waals surface area (Å²) in [5, 5.41) is 3.54. The van der Waals surface area contributed by atoms with E-state index >= 15 is 0 Å². The molecule has 4 rings (SSSR count). The third-order valence-corrected chi connectivity index (χ3v) is 6.33. The number of carbonyl (C=O) groups is 1. The molecule has 0 saturated heterocycles. The molecule has 35 heavy (non-hydrogen) atoms. The Labute approximate surface area is 212 Å². The Morgan fingerprint density at radius 1 is 1.00 bits per heavy atom. The van der Waals surface area contributed by atoms with Gasteiger partial charge in [-0.2, -0.15) is 0 Å². The van der Waals surface area contributed by atoms with Crippen molar-refractivity contribution in [1.82, 2.24) is 14.9 Å². The first-order chi connectivity index (χ1) is 17.0. The van der Waals surface area contributed by atoms with Gasteiger partial charge in [0.1, 0.15) is 18.2 Å². The Hall–Kier alpha value is -3.31. The quantitative estimate of drug-likeness (QED) is 0.244. The maximum Gasteiger partial charge on any atom is 0.251 e. The highest BCUT2D eigenvalue weighted by molar-refractivity contribution is 6.30. The van der Waals surface area contributed by atoms with Crippen molar-refractivity contribution in [3.8, 4) is 5.75 Å². The summed E-state index contributed by atoms with van der Waals surface area (Å²) in [6.07, 6.45) is 3.83. The van der Waals surface area contributed by atoms with Gasteiger partial charge in [-0.1, -0.05) is 48.4 Å². The van der Waals surface area contributed by atoms with Gasteiger partial charge in [0.05, 0.1) is 17.6 Å². The van der Waals surface area contributed by atoms with Crippen LogP contribution in [0, 0.1) is 13.8 Å². The number of hydrogen-bond donors (Lipinski definition) is 1. The Balaban J connectivity index is 1.29. The normalized spacial score (nSPS) is 11.1. The van der Waals surface area contributed by atoms with Crippen molar-refractivity contribution in [1.29, 1.82) is 0 Å². The number of aromatic nitrogens is 2. The van der Waals surface area contributed by atoms with Crippen LogP contribution >= 0.6 is 11.6 Å². The Morgan fingerprint density at radius 2 is 1.86 bits per heavy atom. The summed E-state index contributed by atoms with van der Waals surface area (Å²) in [5.41, 5.74) is 5.09. The third-order valence-electron chi connectivity index (χ3n) is 6.10. The van der Waals surface area contributed by atoms with E-state index in [0.717, 1.165) is 60.4 Å². The van der Waals surface area contributed by atoms with Gasteiger partial charge in [-0.3, -0.25) is 4.79 Å².